The van der Waals surface area contributed by atoms with Crippen molar-refractivity contribution in [1.29, 1.82) is 0 Å². The Morgan fingerprint density at radius 2 is 2.14 bits per heavy atom. The summed E-state index contributed by atoms with van der Waals surface area (Å²) in [6.45, 7) is 2.43. The van der Waals surface area contributed by atoms with E-state index in [0.29, 0.717) is 29.5 Å². The van der Waals surface area contributed by atoms with Gasteiger partial charge < -0.3 is 14.8 Å². The number of aromatic carboxylic acids is 1. The molecule has 21 heavy (non-hydrogen) atoms. The summed E-state index contributed by atoms with van der Waals surface area (Å²) >= 11 is 0. The number of aromatic amines is 1. The largest absolute Gasteiger partial charge is 0.478 e. The van der Waals surface area contributed by atoms with Crippen LogP contribution in [0.25, 0.3) is 22.6 Å². The van der Waals surface area contributed by atoms with Crippen LogP contribution in [0, 0.1) is 0 Å². The summed E-state index contributed by atoms with van der Waals surface area (Å²) < 4.78 is 5.34. The minimum Gasteiger partial charge on any atom is -0.478 e. The van der Waals surface area contributed by atoms with Crippen LogP contribution < -0.4 is 4.74 Å². The first kappa shape index (κ1) is 13.1. The van der Waals surface area contributed by atoms with E-state index in [2.05, 4.69) is 15.0 Å². The minimum atomic E-state index is -0.968. The minimum absolute atomic E-state index is 0.218. The maximum absolute atomic E-state index is 11.0. The third kappa shape index (κ3) is 2.55. The lowest BCUT2D eigenvalue weighted by atomic mass is 10.1. The maximum atomic E-state index is 11.0. The Morgan fingerprint density at radius 3 is 2.90 bits per heavy atom. The molecule has 2 aromatic heterocycles. The van der Waals surface area contributed by atoms with Crippen LogP contribution in [0.5, 0.6) is 5.88 Å². The Bertz CT molecular complexity index is 811. The molecule has 0 saturated heterocycles. The number of aromatic nitrogens is 3. The van der Waals surface area contributed by atoms with Crippen molar-refractivity contribution in [2.45, 2.75) is 6.92 Å². The molecule has 0 saturated carbocycles. The average molecular weight is 283 g/mol. The van der Waals surface area contributed by atoms with Gasteiger partial charge in [0.25, 0.3) is 0 Å². The van der Waals surface area contributed by atoms with Crippen molar-refractivity contribution in [3.8, 4) is 17.3 Å². The normalized spacial score (nSPS) is 10.7. The highest BCUT2D eigenvalue weighted by Crippen LogP contribution is 2.22. The molecule has 0 aliphatic carbocycles. The van der Waals surface area contributed by atoms with E-state index in [1.807, 2.05) is 13.0 Å². The molecule has 2 N–H and O–H groups in total. The molecule has 0 amide bonds. The van der Waals surface area contributed by atoms with E-state index < -0.39 is 5.97 Å². The second kappa shape index (κ2) is 5.24. The van der Waals surface area contributed by atoms with Gasteiger partial charge in [0.2, 0.25) is 5.88 Å². The fraction of sp³-hybridized carbons (Fsp3) is 0.133. The van der Waals surface area contributed by atoms with Crippen molar-refractivity contribution in [1.82, 2.24) is 15.0 Å². The topological polar surface area (TPSA) is 88.1 Å². The Labute approximate surface area is 120 Å². The Balaban J connectivity index is 2.04. The monoisotopic (exact) mass is 283 g/mol. The Morgan fingerprint density at radius 1 is 1.29 bits per heavy atom. The lowest BCUT2D eigenvalue weighted by molar-refractivity contribution is 0.0697. The molecule has 0 aliphatic heterocycles. The van der Waals surface area contributed by atoms with Gasteiger partial charge >= 0.3 is 5.97 Å². The van der Waals surface area contributed by atoms with Crippen molar-refractivity contribution in [3.05, 3.63) is 42.0 Å². The molecule has 0 bridgehead atoms. The molecule has 6 nitrogen and oxygen atoms in total. The molecule has 3 aromatic rings. The average Bonchev–Trinajstić information content (AvgIpc) is 2.91. The van der Waals surface area contributed by atoms with Gasteiger partial charge in [0.1, 0.15) is 5.82 Å². The second-order valence-electron chi connectivity index (χ2n) is 4.43. The van der Waals surface area contributed by atoms with Crippen molar-refractivity contribution in [2.75, 3.05) is 6.61 Å². The number of pyridine rings is 1. The molecule has 0 atom stereocenters. The fourth-order valence-electron chi connectivity index (χ4n) is 2.04. The number of fused-ring (bicyclic) bond motifs is 1. The smallest absolute Gasteiger partial charge is 0.335 e. The third-order valence-corrected chi connectivity index (χ3v) is 3.00. The number of nitrogens with one attached hydrogen (secondary N) is 1. The first-order valence-corrected chi connectivity index (χ1v) is 6.50. The first-order chi connectivity index (χ1) is 10.2. The molecule has 0 fully saturated rings. The van der Waals surface area contributed by atoms with E-state index in [4.69, 9.17) is 9.84 Å². The molecule has 106 valence electrons. The zero-order valence-electron chi connectivity index (χ0n) is 11.3. The van der Waals surface area contributed by atoms with Gasteiger partial charge in [-0.05, 0) is 25.1 Å². The highest BCUT2D eigenvalue weighted by atomic mass is 16.5. The number of carboxylic acids is 1. The molecule has 0 unspecified atom stereocenters. The number of nitrogens with zero attached hydrogens (tertiary/aromatic N) is 2. The summed E-state index contributed by atoms with van der Waals surface area (Å²) in [7, 11) is 0. The number of hydrogen-bond donors (Lipinski definition) is 2. The molecule has 3 rings (SSSR count). The van der Waals surface area contributed by atoms with Gasteiger partial charge in [-0.15, -0.1) is 0 Å². The van der Waals surface area contributed by atoms with Crippen molar-refractivity contribution >= 4 is 17.1 Å². The van der Waals surface area contributed by atoms with Gasteiger partial charge in [-0.2, -0.15) is 4.98 Å². The van der Waals surface area contributed by atoms with Crippen molar-refractivity contribution in [3.63, 3.8) is 0 Å². The Hall–Kier alpha value is -2.89. The van der Waals surface area contributed by atoms with Crippen molar-refractivity contribution in [2.24, 2.45) is 0 Å². The molecule has 6 heteroatoms. The van der Waals surface area contributed by atoms with Gasteiger partial charge in [0.05, 0.1) is 17.7 Å². The van der Waals surface area contributed by atoms with E-state index in [1.165, 1.54) is 0 Å². The fourth-order valence-corrected chi connectivity index (χ4v) is 2.04. The third-order valence-electron chi connectivity index (χ3n) is 3.00. The van der Waals surface area contributed by atoms with Crippen LogP contribution in [0.4, 0.5) is 0 Å². The highest BCUT2D eigenvalue weighted by Gasteiger charge is 2.10. The van der Waals surface area contributed by atoms with Crippen LogP contribution in [0.1, 0.15) is 17.3 Å². The van der Waals surface area contributed by atoms with Crippen molar-refractivity contribution < 1.29 is 14.6 Å². The summed E-state index contributed by atoms with van der Waals surface area (Å²) in [6, 6.07) is 10.2. The molecule has 0 spiro atoms. The maximum Gasteiger partial charge on any atom is 0.335 e. The molecular formula is C15H13N3O3. The predicted octanol–water partition coefficient (Wildman–Crippen LogP) is 2.72. The summed E-state index contributed by atoms with van der Waals surface area (Å²) in [5.74, 6) is 0.126. The number of rotatable bonds is 4. The number of H-pyrrole nitrogens is 1. The van der Waals surface area contributed by atoms with E-state index in [9.17, 15) is 4.79 Å². The number of ether oxygens (including phenoxy) is 1. The van der Waals surface area contributed by atoms with Crippen LogP contribution >= 0.6 is 0 Å². The van der Waals surface area contributed by atoms with Crippen LogP contribution in [-0.2, 0) is 0 Å². The number of benzene rings is 1. The van der Waals surface area contributed by atoms with Crippen LogP contribution in [0.2, 0.25) is 0 Å². The summed E-state index contributed by atoms with van der Waals surface area (Å²) in [5, 5.41) is 9.03. The van der Waals surface area contributed by atoms with E-state index >= 15 is 0 Å². The second-order valence-corrected chi connectivity index (χ2v) is 4.43. The number of imidazole rings is 1. The van der Waals surface area contributed by atoms with Crippen LogP contribution in [0.15, 0.2) is 36.4 Å². The van der Waals surface area contributed by atoms with Gasteiger partial charge in [0.15, 0.2) is 5.65 Å². The van der Waals surface area contributed by atoms with Gasteiger partial charge in [-0.1, -0.05) is 12.1 Å². The van der Waals surface area contributed by atoms with E-state index in [-0.39, 0.29) is 5.56 Å². The highest BCUT2D eigenvalue weighted by molar-refractivity contribution is 5.89. The quantitative estimate of drug-likeness (QED) is 0.768. The zero-order valence-corrected chi connectivity index (χ0v) is 11.3. The van der Waals surface area contributed by atoms with Gasteiger partial charge in [0, 0.05) is 11.6 Å². The molecule has 2 heterocycles. The summed E-state index contributed by atoms with van der Waals surface area (Å²) in [6.07, 6.45) is 0. The molecular weight excluding hydrogens is 270 g/mol. The van der Waals surface area contributed by atoms with Crippen LogP contribution in [0.3, 0.4) is 0 Å². The summed E-state index contributed by atoms with van der Waals surface area (Å²) in [4.78, 5) is 22.8. The molecule has 1 aromatic carbocycles. The van der Waals surface area contributed by atoms with E-state index in [1.54, 1.807) is 30.3 Å². The molecule has 0 aliphatic rings. The zero-order chi connectivity index (χ0) is 14.8. The van der Waals surface area contributed by atoms with Gasteiger partial charge in [-0.25, -0.2) is 9.78 Å². The number of carboxylic acid groups (broad SMARTS) is 1. The van der Waals surface area contributed by atoms with Crippen LogP contribution in [-0.4, -0.2) is 32.6 Å². The first-order valence-electron chi connectivity index (χ1n) is 6.50. The molecule has 0 radical (unpaired) electrons. The lowest BCUT2D eigenvalue weighted by Crippen LogP contribution is -1.96. The standard InChI is InChI=1S/C15H13N3O3/c1-2-21-12-7-6-11-14(17-12)18-13(16-11)9-4-3-5-10(8-9)15(19)20/h3-8H,2H2,1H3,(H,19,20)(H,16,17,18). The summed E-state index contributed by atoms with van der Waals surface area (Å²) in [5.41, 5.74) is 2.23. The van der Waals surface area contributed by atoms with E-state index in [0.717, 1.165) is 5.52 Å². The Kier molecular flexibility index (Phi) is 3.27. The lowest BCUT2D eigenvalue weighted by Gasteiger charge is -1.99. The SMILES string of the molecule is CCOc1ccc2[nH]c(-c3cccc(C(=O)O)c3)nc2n1. The number of carbonyl (C=O) groups is 1. The number of hydrogen-bond acceptors (Lipinski definition) is 4. The predicted molar refractivity (Wildman–Crippen MR) is 77.5 cm³/mol. The van der Waals surface area contributed by atoms with Gasteiger partial charge in [-0.3, -0.25) is 0 Å².